The number of hydrogen-bond acceptors (Lipinski definition) is 6. The van der Waals surface area contributed by atoms with Crippen molar-refractivity contribution in [2.75, 3.05) is 24.7 Å². The number of nitrogens with zero attached hydrogens (tertiary/aromatic N) is 4. The Hall–Kier alpha value is -1.83. The molecule has 0 aromatic carbocycles. The van der Waals surface area contributed by atoms with E-state index < -0.39 is 0 Å². The topological polar surface area (TPSA) is 84.7 Å². The van der Waals surface area contributed by atoms with Crippen LogP contribution in [-0.4, -0.2) is 45.0 Å². The predicted octanol–water partition coefficient (Wildman–Crippen LogP) is 3.46. The van der Waals surface area contributed by atoms with Gasteiger partial charge in [-0.15, -0.1) is 0 Å². The van der Waals surface area contributed by atoms with Crippen molar-refractivity contribution < 1.29 is 4.79 Å². The first-order valence-corrected chi connectivity index (χ1v) is 11.2. The Morgan fingerprint density at radius 2 is 2.11 bits per heavy atom. The fourth-order valence-corrected chi connectivity index (χ4v) is 3.95. The van der Waals surface area contributed by atoms with Crippen molar-refractivity contribution in [3.63, 3.8) is 0 Å². The third kappa shape index (κ3) is 5.34. The zero-order valence-electron chi connectivity index (χ0n) is 16.3. The van der Waals surface area contributed by atoms with Crippen molar-refractivity contribution in [3.05, 3.63) is 6.20 Å². The molecule has 1 aliphatic rings. The van der Waals surface area contributed by atoms with Crippen molar-refractivity contribution >= 4 is 34.5 Å². The Morgan fingerprint density at radius 1 is 1.30 bits per heavy atom. The quantitative estimate of drug-likeness (QED) is 0.477. The summed E-state index contributed by atoms with van der Waals surface area (Å²) in [7, 11) is 0. The van der Waals surface area contributed by atoms with Crippen LogP contribution in [0.3, 0.4) is 0 Å². The molecule has 0 spiro atoms. The smallest absolute Gasteiger partial charge is 0.220 e. The normalized spacial score (nSPS) is 14.7. The van der Waals surface area contributed by atoms with E-state index in [0.29, 0.717) is 19.5 Å². The van der Waals surface area contributed by atoms with E-state index in [2.05, 4.69) is 32.6 Å². The summed E-state index contributed by atoms with van der Waals surface area (Å²) in [5.74, 6) is 1.72. The van der Waals surface area contributed by atoms with E-state index in [1.165, 1.54) is 37.4 Å². The molecule has 0 aliphatic heterocycles. The molecular weight excluding hydrogens is 360 g/mol. The molecular formula is C19H30N6OS. The molecule has 2 aromatic heterocycles. The van der Waals surface area contributed by atoms with Crippen molar-refractivity contribution in [1.29, 1.82) is 0 Å². The van der Waals surface area contributed by atoms with Crippen molar-refractivity contribution in [2.24, 2.45) is 5.92 Å². The second-order valence-electron chi connectivity index (χ2n) is 7.13. The summed E-state index contributed by atoms with van der Waals surface area (Å²) >= 11 is 1.52. The van der Waals surface area contributed by atoms with Crippen LogP contribution in [0.5, 0.6) is 0 Å². The van der Waals surface area contributed by atoms with Gasteiger partial charge in [-0.1, -0.05) is 44.4 Å². The third-order valence-corrected chi connectivity index (χ3v) is 5.65. The first-order chi connectivity index (χ1) is 13.2. The minimum Gasteiger partial charge on any atom is -0.369 e. The van der Waals surface area contributed by atoms with E-state index in [9.17, 15) is 4.79 Å². The third-order valence-electron chi connectivity index (χ3n) is 5.10. The Balaban J connectivity index is 1.57. The van der Waals surface area contributed by atoms with Gasteiger partial charge < -0.3 is 10.6 Å². The molecule has 1 amide bonds. The molecule has 0 saturated heterocycles. The van der Waals surface area contributed by atoms with Crippen LogP contribution in [0.4, 0.5) is 5.82 Å². The molecule has 1 saturated carbocycles. The maximum Gasteiger partial charge on any atom is 0.220 e. The standard InChI is InChI=1S/C19H30N6OS/c1-3-10-21-17-15-13-22-25(18(15)24-19(23-17)27-2)12-11-20-16(26)9-8-14-6-4-5-7-14/h13-14H,3-12H2,1-2H3,(H,20,26)(H,21,23,24). The molecule has 1 fully saturated rings. The number of nitrogens with one attached hydrogen (secondary N) is 2. The van der Waals surface area contributed by atoms with Crippen molar-refractivity contribution in [2.45, 2.75) is 63.6 Å². The Labute approximate surface area is 165 Å². The SMILES string of the molecule is CCCNc1nc(SC)nc2c1cnn2CCNC(=O)CCC1CCCC1. The van der Waals surface area contributed by atoms with Crippen LogP contribution in [0, 0.1) is 5.92 Å². The number of hydrogen-bond donors (Lipinski definition) is 2. The van der Waals surface area contributed by atoms with Crippen LogP contribution in [0.25, 0.3) is 11.0 Å². The predicted molar refractivity (Wildman–Crippen MR) is 110 cm³/mol. The molecule has 27 heavy (non-hydrogen) atoms. The number of rotatable bonds is 10. The molecule has 3 rings (SSSR count). The molecule has 0 unspecified atom stereocenters. The molecule has 2 N–H and O–H groups in total. The lowest BCUT2D eigenvalue weighted by molar-refractivity contribution is -0.121. The van der Waals surface area contributed by atoms with Crippen LogP contribution in [0.15, 0.2) is 11.4 Å². The van der Waals surface area contributed by atoms with Gasteiger partial charge in [0.1, 0.15) is 5.82 Å². The monoisotopic (exact) mass is 390 g/mol. The summed E-state index contributed by atoms with van der Waals surface area (Å²) in [6.45, 7) is 4.16. The number of thioether (sulfide) groups is 1. The number of amides is 1. The summed E-state index contributed by atoms with van der Waals surface area (Å²) < 4.78 is 1.85. The zero-order valence-corrected chi connectivity index (χ0v) is 17.1. The highest BCUT2D eigenvalue weighted by Gasteiger charge is 2.16. The van der Waals surface area contributed by atoms with Crippen molar-refractivity contribution in [1.82, 2.24) is 25.1 Å². The molecule has 2 heterocycles. The number of aromatic nitrogens is 4. The van der Waals surface area contributed by atoms with E-state index >= 15 is 0 Å². The summed E-state index contributed by atoms with van der Waals surface area (Å²) in [5, 5.41) is 12.5. The van der Waals surface area contributed by atoms with Crippen LogP contribution in [-0.2, 0) is 11.3 Å². The molecule has 0 bridgehead atoms. The van der Waals surface area contributed by atoms with Gasteiger partial charge in [0.25, 0.3) is 0 Å². The second-order valence-corrected chi connectivity index (χ2v) is 7.90. The highest BCUT2D eigenvalue weighted by atomic mass is 32.2. The highest BCUT2D eigenvalue weighted by molar-refractivity contribution is 7.98. The molecule has 2 aromatic rings. The molecule has 0 atom stereocenters. The van der Waals surface area contributed by atoms with Gasteiger partial charge in [0.15, 0.2) is 10.8 Å². The van der Waals surface area contributed by atoms with E-state index in [1.54, 1.807) is 6.20 Å². The van der Waals surface area contributed by atoms with Crippen molar-refractivity contribution in [3.8, 4) is 0 Å². The van der Waals surface area contributed by atoms with Gasteiger partial charge in [-0.3, -0.25) is 4.79 Å². The maximum atomic E-state index is 12.1. The van der Waals surface area contributed by atoms with E-state index in [-0.39, 0.29) is 5.91 Å². The number of carbonyl (C=O) groups excluding carboxylic acids is 1. The molecule has 1 aliphatic carbocycles. The first-order valence-electron chi connectivity index (χ1n) is 9.99. The van der Waals surface area contributed by atoms with E-state index in [4.69, 9.17) is 0 Å². The number of carbonyl (C=O) groups is 1. The average Bonchev–Trinajstić information content (AvgIpc) is 3.34. The fraction of sp³-hybridized carbons (Fsp3) is 0.684. The van der Waals surface area contributed by atoms with E-state index in [1.807, 2.05) is 10.9 Å². The fourth-order valence-electron chi connectivity index (χ4n) is 3.59. The average molecular weight is 391 g/mol. The Morgan fingerprint density at radius 3 is 2.85 bits per heavy atom. The summed E-state index contributed by atoms with van der Waals surface area (Å²) in [5.41, 5.74) is 0.813. The van der Waals surface area contributed by atoms with Gasteiger partial charge in [-0.25, -0.2) is 14.6 Å². The molecule has 8 heteroatoms. The van der Waals surface area contributed by atoms with Gasteiger partial charge in [-0.05, 0) is 25.0 Å². The second kappa shape index (κ2) is 9.92. The number of fused-ring (bicyclic) bond motifs is 1. The van der Waals surface area contributed by atoms with Gasteiger partial charge in [-0.2, -0.15) is 5.10 Å². The largest absolute Gasteiger partial charge is 0.369 e. The minimum absolute atomic E-state index is 0.142. The summed E-state index contributed by atoms with van der Waals surface area (Å²) in [6.07, 6.45) is 11.7. The molecule has 148 valence electrons. The van der Waals surface area contributed by atoms with Gasteiger partial charge in [0.2, 0.25) is 5.91 Å². The maximum absolute atomic E-state index is 12.1. The molecule has 7 nitrogen and oxygen atoms in total. The van der Waals surface area contributed by atoms with Crippen LogP contribution in [0.1, 0.15) is 51.9 Å². The van der Waals surface area contributed by atoms with Crippen LogP contribution < -0.4 is 10.6 Å². The Bertz CT molecular complexity index is 756. The van der Waals surface area contributed by atoms with Crippen LogP contribution >= 0.6 is 11.8 Å². The zero-order chi connectivity index (χ0) is 19.1. The Kier molecular flexibility index (Phi) is 7.32. The first kappa shape index (κ1) is 19.9. The minimum atomic E-state index is 0.142. The summed E-state index contributed by atoms with van der Waals surface area (Å²) in [4.78, 5) is 21.3. The lowest BCUT2D eigenvalue weighted by Crippen LogP contribution is -2.27. The lowest BCUT2D eigenvalue weighted by Gasteiger charge is -2.10. The van der Waals surface area contributed by atoms with Gasteiger partial charge >= 0.3 is 0 Å². The molecule has 0 radical (unpaired) electrons. The van der Waals surface area contributed by atoms with Gasteiger partial charge in [0.05, 0.1) is 18.1 Å². The highest BCUT2D eigenvalue weighted by Crippen LogP contribution is 2.28. The van der Waals surface area contributed by atoms with Gasteiger partial charge in [0, 0.05) is 19.5 Å². The van der Waals surface area contributed by atoms with E-state index in [0.717, 1.165) is 47.3 Å². The van der Waals surface area contributed by atoms with Crippen LogP contribution in [0.2, 0.25) is 0 Å². The summed E-state index contributed by atoms with van der Waals surface area (Å²) in [6, 6.07) is 0. The lowest BCUT2D eigenvalue weighted by atomic mass is 10.0. The number of anilines is 1.